The summed E-state index contributed by atoms with van der Waals surface area (Å²) in [5.74, 6) is 2.36. The zero-order chi connectivity index (χ0) is 33.2. The van der Waals surface area contributed by atoms with Crippen molar-refractivity contribution >= 4 is 0 Å². The molecule has 0 radical (unpaired) electrons. The van der Waals surface area contributed by atoms with Gasteiger partial charge in [0, 0.05) is 25.7 Å². The first-order chi connectivity index (χ1) is 21.8. The van der Waals surface area contributed by atoms with Crippen LogP contribution in [0.5, 0.6) is 23.0 Å². The largest absolute Gasteiger partial charge is 0.507 e. The van der Waals surface area contributed by atoms with Gasteiger partial charge in [0.1, 0.15) is 23.0 Å². The van der Waals surface area contributed by atoms with E-state index in [9.17, 15) is 10.2 Å². The average molecular weight is 621 g/mol. The van der Waals surface area contributed by atoms with Gasteiger partial charge in [0.2, 0.25) is 0 Å². The van der Waals surface area contributed by atoms with E-state index < -0.39 is 0 Å². The van der Waals surface area contributed by atoms with Gasteiger partial charge in [-0.05, 0) is 79.3 Å². The summed E-state index contributed by atoms with van der Waals surface area (Å²) in [6, 6.07) is 21.2. The summed E-state index contributed by atoms with van der Waals surface area (Å²) in [7, 11) is 0. The standard InChI is InChI=1S/C42H52O4/c1-9-17-45-39-31-19-27-13-11-15-29(37(27)43)21-33-25-36(42(6,7)8)26-34(40(33)46-18-10-2)22-30-16-12-14-28(38(30)44)20-32(39)24-35(23-31)41(3,4)5/h11-16,23-26,43-44H,9-10,17-22H2,1-8H3. The molecule has 0 heterocycles. The molecule has 0 unspecified atom stereocenters. The van der Waals surface area contributed by atoms with E-state index in [0.29, 0.717) is 50.4 Å². The lowest BCUT2D eigenvalue weighted by Gasteiger charge is -2.26. The Bertz CT molecular complexity index is 1480. The number of rotatable bonds is 6. The quantitative estimate of drug-likeness (QED) is 0.198. The van der Waals surface area contributed by atoms with E-state index >= 15 is 0 Å². The molecule has 46 heavy (non-hydrogen) atoms. The summed E-state index contributed by atoms with van der Waals surface area (Å²) in [5, 5.41) is 23.7. The van der Waals surface area contributed by atoms with E-state index in [0.717, 1.165) is 68.8 Å². The van der Waals surface area contributed by atoms with Gasteiger partial charge in [-0.3, -0.25) is 0 Å². The zero-order valence-corrected chi connectivity index (χ0v) is 29.1. The lowest BCUT2D eigenvalue weighted by atomic mass is 9.81. The van der Waals surface area contributed by atoms with Crippen molar-refractivity contribution in [1.29, 1.82) is 0 Å². The number of hydrogen-bond acceptors (Lipinski definition) is 4. The van der Waals surface area contributed by atoms with Crippen LogP contribution in [0.15, 0.2) is 60.7 Å². The van der Waals surface area contributed by atoms with Gasteiger partial charge in [-0.25, -0.2) is 0 Å². The van der Waals surface area contributed by atoms with Crippen LogP contribution < -0.4 is 9.47 Å². The molecule has 0 aromatic heterocycles. The molecule has 5 rings (SSSR count). The summed E-state index contributed by atoms with van der Waals surface area (Å²) < 4.78 is 13.0. The van der Waals surface area contributed by atoms with Crippen LogP contribution in [0.25, 0.3) is 0 Å². The van der Waals surface area contributed by atoms with Crippen LogP contribution in [-0.4, -0.2) is 23.4 Å². The Labute approximate surface area is 276 Å². The smallest absolute Gasteiger partial charge is 0.126 e. The van der Waals surface area contributed by atoms with Crippen LogP contribution in [0.4, 0.5) is 0 Å². The number of fused-ring (bicyclic) bond motifs is 8. The molecule has 1 aliphatic rings. The van der Waals surface area contributed by atoms with Crippen LogP contribution in [0.3, 0.4) is 0 Å². The third kappa shape index (κ3) is 7.22. The van der Waals surface area contributed by atoms with Crippen molar-refractivity contribution in [2.75, 3.05) is 13.2 Å². The van der Waals surface area contributed by atoms with Crippen molar-refractivity contribution in [1.82, 2.24) is 0 Å². The predicted molar refractivity (Wildman–Crippen MR) is 189 cm³/mol. The minimum Gasteiger partial charge on any atom is -0.507 e. The Hall–Kier alpha value is -3.92. The third-order valence-corrected chi connectivity index (χ3v) is 9.05. The maximum absolute atomic E-state index is 11.8. The highest BCUT2D eigenvalue weighted by Crippen LogP contribution is 2.41. The average Bonchev–Trinajstić information content (AvgIpc) is 2.98. The highest BCUT2D eigenvalue weighted by atomic mass is 16.5. The van der Waals surface area contributed by atoms with Crippen LogP contribution in [0.1, 0.15) is 124 Å². The monoisotopic (exact) mass is 620 g/mol. The van der Waals surface area contributed by atoms with E-state index in [4.69, 9.17) is 9.47 Å². The van der Waals surface area contributed by atoms with Crippen molar-refractivity contribution in [3.63, 3.8) is 0 Å². The summed E-state index contributed by atoms with van der Waals surface area (Å²) in [4.78, 5) is 0. The molecule has 0 fully saturated rings. The number of aromatic hydroxyl groups is 2. The minimum atomic E-state index is -0.0935. The Morgan fingerprint density at radius 3 is 1.02 bits per heavy atom. The molecule has 0 aliphatic heterocycles. The zero-order valence-electron chi connectivity index (χ0n) is 29.1. The minimum absolute atomic E-state index is 0.0935. The van der Waals surface area contributed by atoms with Crippen LogP contribution in [-0.2, 0) is 36.5 Å². The van der Waals surface area contributed by atoms with Crippen molar-refractivity contribution < 1.29 is 19.7 Å². The van der Waals surface area contributed by atoms with Gasteiger partial charge in [0.05, 0.1) is 13.2 Å². The number of para-hydroxylation sites is 2. The van der Waals surface area contributed by atoms with Crippen LogP contribution in [0.2, 0.25) is 0 Å². The van der Waals surface area contributed by atoms with E-state index in [-0.39, 0.29) is 10.8 Å². The van der Waals surface area contributed by atoms with E-state index in [1.807, 2.05) is 24.3 Å². The molecule has 8 bridgehead atoms. The highest BCUT2D eigenvalue weighted by molar-refractivity contribution is 5.57. The predicted octanol–water partition coefficient (Wildman–Crippen LogP) is 9.95. The molecule has 0 saturated carbocycles. The molecule has 4 aromatic rings. The molecular formula is C42H52O4. The normalized spacial score (nSPS) is 13.4. The highest BCUT2D eigenvalue weighted by Gasteiger charge is 2.25. The fraction of sp³-hybridized carbons (Fsp3) is 0.429. The Morgan fingerprint density at radius 1 is 0.500 bits per heavy atom. The second kappa shape index (κ2) is 13.4. The molecule has 0 atom stereocenters. The molecule has 0 amide bonds. The number of phenolic OH excluding ortho intramolecular Hbond substituents is 2. The molecule has 1 aliphatic carbocycles. The molecule has 4 nitrogen and oxygen atoms in total. The van der Waals surface area contributed by atoms with Crippen LogP contribution in [0, 0.1) is 0 Å². The first-order valence-electron chi connectivity index (χ1n) is 17.0. The van der Waals surface area contributed by atoms with Gasteiger partial charge in [-0.15, -0.1) is 0 Å². The molecule has 244 valence electrons. The molecule has 4 aromatic carbocycles. The van der Waals surface area contributed by atoms with Gasteiger partial charge < -0.3 is 19.7 Å². The molecule has 0 saturated heterocycles. The second-order valence-electron chi connectivity index (χ2n) is 15.0. The lowest BCUT2D eigenvalue weighted by molar-refractivity contribution is 0.311. The number of hydrogen-bond donors (Lipinski definition) is 2. The lowest BCUT2D eigenvalue weighted by Crippen LogP contribution is -2.15. The topological polar surface area (TPSA) is 58.9 Å². The molecule has 0 spiro atoms. The van der Waals surface area contributed by atoms with Crippen molar-refractivity contribution in [2.24, 2.45) is 0 Å². The van der Waals surface area contributed by atoms with Gasteiger partial charge >= 0.3 is 0 Å². The fourth-order valence-corrected chi connectivity index (χ4v) is 6.36. The molecule has 2 N–H and O–H groups in total. The maximum atomic E-state index is 11.8. The first kappa shape index (κ1) is 33.4. The Balaban J connectivity index is 1.81. The van der Waals surface area contributed by atoms with Crippen LogP contribution >= 0.6 is 0 Å². The van der Waals surface area contributed by atoms with Crippen molar-refractivity contribution in [3.8, 4) is 23.0 Å². The van der Waals surface area contributed by atoms with Gasteiger partial charge in [-0.1, -0.05) is 116 Å². The first-order valence-corrected chi connectivity index (χ1v) is 17.0. The summed E-state index contributed by atoms with van der Waals surface area (Å²) in [6.07, 6.45) is 3.92. The third-order valence-electron chi connectivity index (χ3n) is 9.05. The summed E-state index contributed by atoms with van der Waals surface area (Å²) >= 11 is 0. The van der Waals surface area contributed by atoms with Gasteiger partial charge in [-0.2, -0.15) is 0 Å². The van der Waals surface area contributed by atoms with E-state index in [1.165, 1.54) is 11.1 Å². The van der Waals surface area contributed by atoms with Gasteiger partial charge in [0.25, 0.3) is 0 Å². The SMILES string of the molecule is CCCOc1c2cc(C(C)(C)C)cc1Cc1cccc(c1O)Cc1cc(C(C)(C)C)cc(c1OCCC)Cc1cccc(c1O)C2. The van der Waals surface area contributed by atoms with E-state index in [2.05, 4.69) is 91.8 Å². The molecule has 4 heteroatoms. The fourth-order valence-electron chi connectivity index (χ4n) is 6.36. The summed E-state index contributed by atoms with van der Waals surface area (Å²) in [6.45, 7) is 18.8. The number of phenols is 2. The van der Waals surface area contributed by atoms with Crippen molar-refractivity contribution in [2.45, 2.75) is 105 Å². The Morgan fingerprint density at radius 2 is 0.783 bits per heavy atom. The number of benzene rings is 4. The maximum Gasteiger partial charge on any atom is 0.126 e. The van der Waals surface area contributed by atoms with Crippen molar-refractivity contribution in [3.05, 3.63) is 116 Å². The second-order valence-corrected chi connectivity index (χ2v) is 15.0. The Kier molecular flexibility index (Phi) is 9.77. The number of ether oxygens (including phenoxy) is 2. The molecular weight excluding hydrogens is 568 g/mol. The van der Waals surface area contributed by atoms with E-state index in [1.54, 1.807) is 0 Å². The summed E-state index contributed by atoms with van der Waals surface area (Å²) in [5.41, 5.74) is 9.91. The van der Waals surface area contributed by atoms with Gasteiger partial charge in [0.15, 0.2) is 0 Å².